The number of rotatable bonds is 8. The van der Waals surface area contributed by atoms with Crippen LogP contribution in [0.25, 0.3) is 0 Å². The smallest absolute Gasteiger partial charge is 0.244 e. The molecule has 1 N–H and O–H groups in total. The van der Waals surface area contributed by atoms with Crippen LogP contribution in [0.4, 0.5) is 0 Å². The number of hydrogen-bond donors (Lipinski definition) is 1. The van der Waals surface area contributed by atoms with E-state index in [0.717, 1.165) is 16.2 Å². The minimum atomic E-state index is -3.42. The maximum Gasteiger partial charge on any atom is 0.244 e. The van der Waals surface area contributed by atoms with Crippen molar-refractivity contribution >= 4 is 33.1 Å². The van der Waals surface area contributed by atoms with Gasteiger partial charge in [-0.1, -0.05) is 0 Å². The molecule has 1 fully saturated rings. The number of aryl methyl sites for hydroxylation is 1. The highest BCUT2D eigenvalue weighted by Gasteiger charge is 2.31. The Balaban J connectivity index is 2.23. The number of thioether (sulfide) groups is 1. The van der Waals surface area contributed by atoms with E-state index in [1.54, 1.807) is 30.1 Å². The molecule has 1 unspecified atom stereocenters. The minimum Gasteiger partial charge on any atom is -0.309 e. The maximum absolute atomic E-state index is 12.9. The molecule has 0 bridgehead atoms. The van der Waals surface area contributed by atoms with Crippen LogP contribution in [-0.2, 0) is 16.6 Å². The highest BCUT2D eigenvalue weighted by molar-refractivity contribution is 7.98. The largest absolute Gasteiger partial charge is 0.309 e. The zero-order valence-corrected chi connectivity index (χ0v) is 15.5. The normalized spacial score (nSPS) is 17.4. The van der Waals surface area contributed by atoms with Gasteiger partial charge in [0, 0.05) is 36.3 Å². The van der Waals surface area contributed by atoms with Crippen LogP contribution >= 0.6 is 23.1 Å². The fourth-order valence-corrected chi connectivity index (χ4v) is 6.08. The molecule has 0 aromatic carbocycles. The van der Waals surface area contributed by atoms with Crippen molar-refractivity contribution in [1.29, 1.82) is 0 Å². The Morgan fingerprint density at radius 1 is 1.52 bits per heavy atom. The van der Waals surface area contributed by atoms with Gasteiger partial charge in [0.1, 0.15) is 4.90 Å². The summed E-state index contributed by atoms with van der Waals surface area (Å²) in [5, 5.41) is 5.36. The SMILES string of the molecule is CSCC(C)N(C)S(=O)(=O)c1c(C)csc1CNC1CC1. The van der Waals surface area contributed by atoms with E-state index in [-0.39, 0.29) is 6.04 Å². The average Bonchev–Trinajstić information content (AvgIpc) is 3.18. The van der Waals surface area contributed by atoms with Crippen molar-refractivity contribution in [2.45, 2.75) is 50.2 Å². The van der Waals surface area contributed by atoms with Crippen LogP contribution in [0.2, 0.25) is 0 Å². The molecule has 1 aliphatic carbocycles. The highest BCUT2D eigenvalue weighted by Crippen LogP contribution is 2.31. The van der Waals surface area contributed by atoms with Crippen molar-refractivity contribution < 1.29 is 8.42 Å². The summed E-state index contributed by atoms with van der Waals surface area (Å²) in [5.74, 6) is 0.800. The van der Waals surface area contributed by atoms with Crippen LogP contribution < -0.4 is 5.32 Å². The zero-order valence-electron chi connectivity index (χ0n) is 13.0. The number of nitrogens with one attached hydrogen (secondary N) is 1. The first-order valence-electron chi connectivity index (χ1n) is 7.15. The lowest BCUT2D eigenvalue weighted by atomic mass is 10.3. The average molecular weight is 349 g/mol. The minimum absolute atomic E-state index is 0.00598. The first-order valence-corrected chi connectivity index (χ1v) is 10.9. The van der Waals surface area contributed by atoms with Crippen molar-refractivity contribution in [1.82, 2.24) is 9.62 Å². The molecular weight excluding hydrogens is 324 g/mol. The van der Waals surface area contributed by atoms with Crippen molar-refractivity contribution in [3.05, 3.63) is 15.8 Å². The first-order chi connectivity index (χ1) is 9.87. The fraction of sp³-hybridized carbons (Fsp3) is 0.714. The van der Waals surface area contributed by atoms with Crippen LogP contribution in [0, 0.1) is 6.92 Å². The predicted octanol–water partition coefficient (Wildman–Crippen LogP) is 2.68. The van der Waals surface area contributed by atoms with Crippen LogP contribution in [-0.4, -0.2) is 43.9 Å². The second-order valence-electron chi connectivity index (χ2n) is 5.65. The molecular formula is C14H24N2O2S3. The van der Waals surface area contributed by atoms with Crippen LogP contribution in [0.5, 0.6) is 0 Å². The molecule has 1 aliphatic rings. The third-order valence-electron chi connectivity index (χ3n) is 3.78. The molecule has 1 aromatic rings. The van der Waals surface area contributed by atoms with Gasteiger partial charge >= 0.3 is 0 Å². The van der Waals surface area contributed by atoms with Crippen LogP contribution in [0.3, 0.4) is 0 Å². The van der Waals surface area contributed by atoms with Crippen molar-refractivity contribution in [2.24, 2.45) is 0 Å². The lowest BCUT2D eigenvalue weighted by molar-refractivity contribution is 0.414. The Morgan fingerprint density at radius 2 is 2.19 bits per heavy atom. The molecule has 1 atom stereocenters. The van der Waals surface area contributed by atoms with E-state index in [2.05, 4.69) is 5.32 Å². The summed E-state index contributed by atoms with van der Waals surface area (Å²) in [7, 11) is -1.73. The molecule has 7 heteroatoms. The highest BCUT2D eigenvalue weighted by atomic mass is 32.2. The molecule has 4 nitrogen and oxygen atoms in total. The van der Waals surface area contributed by atoms with E-state index in [4.69, 9.17) is 0 Å². The van der Waals surface area contributed by atoms with E-state index < -0.39 is 10.0 Å². The van der Waals surface area contributed by atoms with Gasteiger partial charge in [-0.2, -0.15) is 16.1 Å². The Kier molecular flexibility index (Phi) is 5.76. The molecule has 0 aliphatic heterocycles. The molecule has 1 aromatic heterocycles. The number of thiophene rings is 1. The summed E-state index contributed by atoms with van der Waals surface area (Å²) in [5.41, 5.74) is 0.857. The summed E-state index contributed by atoms with van der Waals surface area (Å²) in [4.78, 5) is 1.44. The van der Waals surface area contributed by atoms with E-state index in [1.807, 2.05) is 25.5 Å². The van der Waals surface area contributed by atoms with Crippen molar-refractivity contribution in [3.8, 4) is 0 Å². The molecule has 0 saturated heterocycles. The van der Waals surface area contributed by atoms with Crippen molar-refractivity contribution in [2.75, 3.05) is 19.1 Å². The molecule has 2 rings (SSSR count). The van der Waals surface area contributed by atoms with Gasteiger partial charge in [0.05, 0.1) is 0 Å². The molecule has 1 saturated carbocycles. The Bertz CT molecular complexity index is 579. The Morgan fingerprint density at radius 3 is 2.76 bits per heavy atom. The molecule has 120 valence electrons. The summed E-state index contributed by atoms with van der Waals surface area (Å²) in [6, 6.07) is 0.574. The summed E-state index contributed by atoms with van der Waals surface area (Å²) in [6.07, 6.45) is 4.41. The van der Waals surface area contributed by atoms with E-state index in [0.29, 0.717) is 17.5 Å². The predicted molar refractivity (Wildman–Crippen MR) is 91.7 cm³/mol. The maximum atomic E-state index is 12.9. The first kappa shape index (κ1) is 17.3. The van der Waals surface area contributed by atoms with E-state index in [1.165, 1.54) is 17.1 Å². The van der Waals surface area contributed by atoms with Crippen LogP contribution in [0.15, 0.2) is 10.3 Å². The molecule has 21 heavy (non-hydrogen) atoms. The van der Waals surface area contributed by atoms with E-state index >= 15 is 0 Å². The Hall–Kier alpha value is -0.0800. The van der Waals surface area contributed by atoms with Gasteiger partial charge < -0.3 is 5.32 Å². The van der Waals surface area contributed by atoms with Gasteiger partial charge in [0.2, 0.25) is 10.0 Å². The third-order valence-corrected chi connectivity index (χ3v) is 8.04. The van der Waals surface area contributed by atoms with E-state index in [9.17, 15) is 8.42 Å². The third kappa shape index (κ3) is 4.01. The summed E-state index contributed by atoms with van der Waals surface area (Å²) >= 11 is 3.21. The quantitative estimate of drug-likeness (QED) is 0.785. The van der Waals surface area contributed by atoms with Gasteiger partial charge in [-0.05, 0) is 43.9 Å². The number of sulfonamides is 1. The standard InChI is InChI=1S/C14H24N2O2S3/c1-10-8-20-13(7-15-12-5-6-12)14(10)21(17,18)16(3)11(2)9-19-4/h8,11-12,15H,5-7,9H2,1-4H3. The second-order valence-corrected chi connectivity index (χ2v) is 9.46. The second kappa shape index (κ2) is 7.00. The number of nitrogens with zero attached hydrogens (tertiary/aromatic N) is 1. The van der Waals surface area contributed by atoms with Gasteiger partial charge in [-0.3, -0.25) is 0 Å². The molecule has 1 heterocycles. The lowest BCUT2D eigenvalue weighted by Gasteiger charge is -2.24. The van der Waals surface area contributed by atoms with Gasteiger partial charge in [0.15, 0.2) is 0 Å². The van der Waals surface area contributed by atoms with Gasteiger partial charge in [0.25, 0.3) is 0 Å². The van der Waals surface area contributed by atoms with Crippen molar-refractivity contribution in [3.63, 3.8) is 0 Å². The van der Waals surface area contributed by atoms with Gasteiger partial charge in [-0.25, -0.2) is 8.42 Å². The Labute approximate surface area is 136 Å². The fourth-order valence-electron chi connectivity index (χ4n) is 2.21. The number of hydrogen-bond acceptors (Lipinski definition) is 5. The molecule has 0 spiro atoms. The topological polar surface area (TPSA) is 49.4 Å². The summed E-state index contributed by atoms with van der Waals surface area (Å²) in [6.45, 7) is 4.50. The van der Waals surface area contributed by atoms with Gasteiger partial charge in [-0.15, -0.1) is 11.3 Å². The molecule has 0 amide bonds. The molecule has 0 radical (unpaired) electrons. The lowest BCUT2D eigenvalue weighted by Crippen LogP contribution is -2.37. The monoisotopic (exact) mass is 348 g/mol. The summed E-state index contributed by atoms with van der Waals surface area (Å²) < 4.78 is 27.3. The zero-order chi connectivity index (χ0) is 15.6. The van der Waals surface area contributed by atoms with Crippen LogP contribution in [0.1, 0.15) is 30.2 Å².